The lowest BCUT2D eigenvalue weighted by molar-refractivity contribution is 0.0122. The first-order chi connectivity index (χ1) is 8.86. The highest BCUT2D eigenvalue weighted by atomic mass is 32.1. The van der Waals surface area contributed by atoms with Crippen LogP contribution in [-0.2, 0) is 6.54 Å². The zero-order valence-electron chi connectivity index (χ0n) is 11.1. The summed E-state index contributed by atoms with van der Waals surface area (Å²) < 4.78 is 0. The van der Waals surface area contributed by atoms with Crippen molar-refractivity contribution in [3.63, 3.8) is 0 Å². The predicted molar refractivity (Wildman–Crippen MR) is 74.9 cm³/mol. The predicted octanol–water partition coefficient (Wildman–Crippen LogP) is 1.32. The topological polar surface area (TPSA) is 31.4 Å². The van der Waals surface area contributed by atoms with E-state index in [0.29, 0.717) is 6.04 Å². The van der Waals surface area contributed by atoms with Gasteiger partial charge in [-0.3, -0.25) is 9.80 Å². The fourth-order valence-electron chi connectivity index (χ4n) is 2.80. The van der Waals surface area contributed by atoms with Crippen molar-refractivity contribution in [2.45, 2.75) is 25.9 Å². The summed E-state index contributed by atoms with van der Waals surface area (Å²) >= 11 is 1.89. The van der Waals surface area contributed by atoms with Gasteiger partial charge in [-0.1, -0.05) is 6.92 Å². The van der Waals surface area contributed by atoms with Crippen LogP contribution in [0.2, 0.25) is 0 Å². The van der Waals surface area contributed by atoms with Crippen molar-refractivity contribution >= 4 is 11.3 Å². The Morgan fingerprint density at radius 3 is 2.89 bits per heavy atom. The van der Waals surface area contributed by atoms with E-state index in [4.69, 9.17) is 0 Å². The number of hydrogen-bond acceptors (Lipinski definition) is 5. The van der Waals surface area contributed by atoms with E-state index in [1.165, 1.54) is 49.0 Å². The summed E-state index contributed by atoms with van der Waals surface area (Å²) in [6.07, 6.45) is 3.25. The lowest BCUT2D eigenvalue weighted by Crippen LogP contribution is -2.56. The largest absolute Gasteiger partial charge is 0.312 e. The second-order valence-corrected chi connectivity index (χ2v) is 6.34. The van der Waals surface area contributed by atoms with E-state index in [0.717, 1.165) is 13.1 Å². The van der Waals surface area contributed by atoms with Gasteiger partial charge in [-0.2, -0.15) is 0 Å². The molecule has 18 heavy (non-hydrogen) atoms. The van der Waals surface area contributed by atoms with Crippen LogP contribution in [0, 0.1) is 0 Å². The smallest absolute Gasteiger partial charge is 0.111 e. The van der Waals surface area contributed by atoms with Gasteiger partial charge in [0.2, 0.25) is 0 Å². The second kappa shape index (κ2) is 5.65. The maximum absolute atomic E-state index is 4.65. The molecule has 0 saturated carbocycles. The van der Waals surface area contributed by atoms with Gasteiger partial charge in [0.05, 0.1) is 6.04 Å². The third-order valence-electron chi connectivity index (χ3n) is 3.86. The molecule has 0 aliphatic carbocycles. The summed E-state index contributed by atoms with van der Waals surface area (Å²) in [5, 5.41) is 4.76. The molecule has 3 fully saturated rings. The Balaban J connectivity index is 1.62. The Bertz CT molecular complexity index is 384. The van der Waals surface area contributed by atoms with Crippen molar-refractivity contribution in [1.29, 1.82) is 0 Å². The Morgan fingerprint density at radius 2 is 2.22 bits per heavy atom. The molecule has 0 radical (unpaired) electrons. The fourth-order valence-corrected chi connectivity index (χ4v) is 3.81. The van der Waals surface area contributed by atoms with Crippen molar-refractivity contribution < 1.29 is 0 Å². The Kier molecular flexibility index (Phi) is 3.94. The standard InChI is InChI=1S/C13H22N4S/c1-2-3-14-8-11-9-15-13(18-11)12-10-16-4-6-17(12)7-5-16/h9,12,14H,2-8,10H2,1H3. The van der Waals surface area contributed by atoms with E-state index in [1.54, 1.807) is 0 Å². The molecule has 4 rings (SSSR count). The average molecular weight is 266 g/mol. The molecule has 1 aromatic rings. The van der Waals surface area contributed by atoms with Gasteiger partial charge >= 0.3 is 0 Å². The molecule has 100 valence electrons. The average Bonchev–Trinajstić information content (AvgIpc) is 2.89. The fraction of sp³-hybridized carbons (Fsp3) is 0.769. The van der Waals surface area contributed by atoms with Gasteiger partial charge in [0.1, 0.15) is 5.01 Å². The van der Waals surface area contributed by atoms with Crippen LogP contribution in [0.3, 0.4) is 0 Å². The van der Waals surface area contributed by atoms with Crippen LogP contribution in [-0.4, -0.2) is 54.1 Å². The Hall–Kier alpha value is -0.490. The van der Waals surface area contributed by atoms with Crippen LogP contribution >= 0.6 is 11.3 Å². The molecule has 5 heteroatoms. The highest BCUT2D eigenvalue weighted by molar-refractivity contribution is 7.11. The summed E-state index contributed by atoms with van der Waals surface area (Å²) in [4.78, 5) is 11.2. The molecule has 1 aromatic heterocycles. The lowest BCUT2D eigenvalue weighted by Gasteiger charge is -2.46. The Morgan fingerprint density at radius 1 is 1.39 bits per heavy atom. The number of nitrogens with zero attached hydrogens (tertiary/aromatic N) is 3. The van der Waals surface area contributed by atoms with Gasteiger partial charge in [-0.05, 0) is 13.0 Å². The van der Waals surface area contributed by atoms with Gasteiger partial charge < -0.3 is 5.32 Å². The van der Waals surface area contributed by atoms with Crippen LogP contribution < -0.4 is 5.32 Å². The molecule has 4 nitrogen and oxygen atoms in total. The molecule has 1 N–H and O–H groups in total. The molecule has 1 atom stereocenters. The molecule has 3 aliphatic rings. The first kappa shape index (κ1) is 12.5. The molecule has 3 aliphatic heterocycles. The SMILES string of the molecule is CCCNCc1cnc(C2CN3CCN2CC3)s1. The first-order valence-electron chi connectivity index (χ1n) is 6.98. The highest BCUT2D eigenvalue weighted by Gasteiger charge is 2.34. The van der Waals surface area contributed by atoms with Gasteiger partial charge in [0.15, 0.2) is 0 Å². The number of aromatic nitrogens is 1. The number of hydrogen-bond donors (Lipinski definition) is 1. The molecule has 1 unspecified atom stereocenters. The first-order valence-corrected chi connectivity index (χ1v) is 7.80. The minimum atomic E-state index is 0.553. The van der Waals surface area contributed by atoms with Crippen LogP contribution in [0.1, 0.15) is 29.3 Å². The van der Waals surface area contributed by atoms with Crippen LogP contribution in [0.4, 0.5) is 0 Å². The van der Waals surface area contributed by atoms with Gasteiger partial charge in [0, 0.05) is 50.3 Å². The minimum absolute atomic E-state index is 0.553. The van der Waals surface area contributed by atoms with E-state index in [-0.39, 0.29) is 0 Å². The molecule has 4 heterocycles. The third-order valence-corrected chi connectivity index (χ3v) is 4.96. The third kappa shape index (κ3) is 2.59. The van der Waals surface area contributed by atoms with Crippen molar-refractivity contribution in [1.82, 2.24) is 20.1 Å². The number of nitrogens with one attached hydrogen (secondary N) is 1. The summed E-state index contributed by atoms with van der Waals surface area (Å²) in [6.45, 7) is 10.4. The molecular formula is C13H22N4S. The Labute approximate surface area is 113 Å². The van der Waals surface area contributed by atoms with Crippen molar-refractivity contribution in [2.75, 3.05) is 39.3 Å². The zero-order valence-corrected chi connectivity index (χ0v) is 11.9. The van der Waals surface area contributed by atoms with Crippen molar-refractivity contribution in [3.8, 4) is 0 Å². The minimum Gasteiger partial charge on any atom is -0.312 e. The van der Waals surface area contributed by atoms with E-state index in [2.05, 4.69) is 33.2 Å². The van der Waals surface area contributed by atoms with Gasteiger partial charge in [-0.15, -0.1) is 11.3 Å². The summed E-state index contributed by atoms with van der Waals surface area (Å²) in [6, 6.07) is 0.553. The molecule has 0 spiro atoms. The molecule has 0 amide bonds. The maximum Gasteiger partial charge on any atom is 0.111 e. The normalized spacial score (nSPS) is 30.8. The lowest BCUT2D eigenvalue weighted by atomic mass is 10.1. The summed E-state index contributed by atoms with van der Waals surface area (Å²) in [7, 11) is 0. The van der Waals surface area contributed by atoms with Gasteiger partial charge in [0.25, 0.3) is 0 Å². The van der Waals surface area contributed by atoms with E-state index < -0.39 is 0 Å². The molecular weight excluding hydrogens is 244 g/mol. The van der Waals surface area contributed by atoms with Gasteiger partial charge in [-0.25, -0.2) is 4.98 Å². The quantitative estimate of drug-likeness (QED) is 0.815. The van der Waals surface area contributed by atoms with E-state index >= 15 is 0 Å². The van der Waals surface area contributed by atoms with Crippen molar-refractivity contribution in [3.05, 3.63) is 16.1 Å². The van der Waals surface area contributed by atoms with Crippen molar-refractivity contribution in [2.24, 2.45) is 0 Å². The molecule has 3 saturated heterocycles. The van der Waals surface area contributed by atoms with Crippen LogP contribution in [0.25, 0.3) is 0 Å². The van der Waals surface area contributed by atoms with E-state index in [1.807, 2.05) is 11.3 Å². The second-order valence-electron chi connectivity index (χ2n) is 5.19. The van der Waals surface area contributed by atoms with E-state index in [9.17, 15) is 0 Å². The molecule has 2 bridgehead atoms. The highest BCUT2D eigenvalue weighted by Crippen LogP contribution is 2.31. The summed E-state index contributed by atoms with van der Waals surface area (Å²) in [5.74, 6) is 0. The zero-order chi connectivity index (χ0) is 12.4. The number of fused-ring (bicyclic) bond motifs is 3. The maximum atomic E-state index is 4.65. The number of rotatable bonds is 5. The summed E-state index contributed by atoms with van der Waals surface area (Å²) in [5.41, 5.74) is 0. The number of thiazole rings is 1. The molecule has 0 aromatic carbocycles. The van der Waals surface area contributed by atoms with Crippen LogP contribution in [0.15, 0.2) is 6.20 Å². The monoisotopic (exact) mass is 266 g/mol. The number of piperazine rings is 3. The van der Waals surface area contributed by atoms with Crippen LogP contribution in [0.5, 0.6) is 0 Å².